The second kappa shape index (κ2) is 3.27. The monoisotopic (exact) mass is 231 g/mol. The van der Waals surface area contributed by atoms with Crippen LogP contribution in [-0.2, 0) is 4.79 Å². The molecule has 1 atom stereocenters. The normalized spacial score (nSPS) is 22.9. The van der Waals surface area contributed by atoms with Crippen molar-refractivity contribution in [2.45, 2.75) is 24.1 Å². The summed E-state index contributed by atoms with van der Waals surface area (Å²) in [6.45, 7) is -0.0896. The van der Waals surface area contributed by atoms with Crippen LogP contribution in [0.2, 0.25) is 0 Å². The Bertz CT molecular complexity index is 248. The highest BCUT2D eigenvalue weighted by Gasteiger charge is 2.62. The Hall–Kier alpha value is -0.490. The SMILES string of the molecule is C[C@H](Cl)C(=O)N1CC(O)(C(F)(F)F)C1. The molecule has 1 heterocycles. The quantitative estimate of drug-likeness (QED) is 0.677. The van der Waals surface area contributed by atoms with Crippen LogP contribution < -0.4 is 0 Å². The Balaban J connectivity index is 2.55. The van der Waals surface area contributed by atoms with E-state index >= 15 is 0 Å². The van der Waals surface area contributed by atoms with Gasteiger partial charge in [0, 0.05) is 0 Å². The summed E-state index contributed by atoms with van der Waals surface area (Å²) in [5.41, 5.74) is -2.76. The maximum atomic E-state index is 12.1. The van der Waals surface area contributed by atoms with Crippen LogP contribution in [0.5, 0.6) is 0 Å². The topological polar surface area (TPSA) is 40.5 Å². The van der Waals surface area contributed by atoms with Crippen molar-refractivity contribution in [3.63, 3.8) is 0 Å². The van der Waals surface area contributed by atoms with E-state index in [0.717, 1.165) is 4.90 Å². The number of carbonyl (C=O) groups excluding carboxylic acids is 1. The molecule has 1 amide bonds. The third kappa shape index (κ3) is 1.81. The lowest BCUT2D eigenvalue weighted by Crippen LogP contribution is -2.70. The van der Waals surface area contributed by atoms with Crippen LogP contribution in [0.25, 0.3) is 0 Å². The van der Waals surface area contributed by atoms with E-state index in [-0.39, 0.29) is 0 Å². The first-order valence-corrected chi connectivity index (χ1v) is 4.33. The predicted octanol–water partition coefficient (Wildman–Crippen LogP) is 0.749. The van der Waals surface area contributed by atoms with E-state index in [9.17, 15) is 18.0 Å². The lowest BCUT2D eigenvalue weighted by molar-refractivity contribution is -0.297. The number of nitrogens with zero attached hydrogens (tertiary/aromatic N) is 1. The van der Waals surface area contributed by atoms with Crippen molar-refractivity contribution in [1.82, 2.24) is 4.90 Å². The molecule has 3 nitrogen and oxygen atoms in total. The number of alkyl halides is 4. The highest BCUT2D eigenvalue weighted by molar-refractivity contribution is 6.30. The van der Waals surface area contributed by atoms with Gasteiger partial charge in [-0.1, -0.05) is 0 Å². The minimum atomic E-state index is -4.70. The first kappa shape index (κ1) is 11.6. The molecule has 0 aromatic heterocycles. The van der Waals surface area contributed by atoms with Crippen LogP contribution >= 0.6 is 11.6 Å². The number of amides is 1. The molecule has 0 aromatic carbocycles. The zero-order chi connectivity index (χ0) is 11.1. The number of halogens is 4. The number of likely N-dealkylation sites (tertiary alicyclic amines) is 1. The second-order valence-corrected chi connectivity index (χ2v) is 3.99. The Morgan fingerprint density at radius 2 is 2.00 bits per heavy atom. The second-order valence-electron chi connectivity index (χ2n) is 3.34. The molecule has 1 fully saturated rings. The van der Waals surface area contributed by atoms with E-state index in [1.807, 2.05) is 0 Å². The molecule has 1 N–H and O–H groups in total. The molecule has 0 bridgehead atoms. The van der Waals surface area contributed by atoms with Crippen LogP contribution in [0.3, 0.4) is 0 Å². The first-order chi connectivity index (χ1) is 6.17. The van der Waals surface area contributed by atoms with Gasteiger partial charge in [-0.3, -0.25) is 4.79 Å². The van der Waals surface area contributed by atoms with Crippen molar-refractivity contribution in [3.8, 4) is 0 Å². The van der Waals surface area contributed by atoms with Gasteiger partial charge in [-0.25, -0.2) is 0 Å². The largest absolute Gasteiger partial charge is 0.420 e. The van der Waals surface area contributed by atoms with E-state index in [1.165, 1.54) is 6.92 Å². The number of carbonyl (C=O) groups is 1. The molecular weight excluding hydrogens is 223 g/mol. The fourth-order valence-electron chi connectivity index (χ4n) is 1.17. The average Bonchev–Trinajstić information content (AvgIpc) is 1.94. The molecule has 0 aliphatic carbocycles. The van der Waals surface area contributed by atoms with Crippen molar-refractivity contribution in [2.75, 3.05) is 13.1 Å². The lowest BCUT2D eigenvalue weighted by Gasteiger charge is -2.47. The summed E-state index contributed by atoms with van der Waals surface area (Å²) in [5.74, 6) is -0.597. The van der Waals surface area contributed by atoms with Gasteiger partial charge in [-0.05, 0) is 6.92 Å². The van der Waals surface area contributed by atoms with E-state index in [1.54, 1.807) is 0 Å². The minimum Gasteiger partial charge on any atom is -0.378 e. The molecule has 1 aliphatic rings. The Morgan fingerprint density at radius 3 is 2.29 bits per heavy atom. The van der Waals surface area contributed by atoms with Crippen LogP contribution in [-0.4, -0.2) is 46.2 Å². The molecule has 7 heteroatoms. The van der Waals surface area contributed by atoms with Gasteiger partial charge in [-0.2, -0.15) is 13.2 Å². The summed E-state index contributed by atoms with van der Waals surface area (Å²) in [5, 5.41) is 8.12. The summed E-state index contributed by atoms with van der Waals surface area (Å²) in [6, 6.07) is 0. The average molecular weight is 232 g/mol. The summed E-state index contributed by atoms with van der Waals surface area (Å²) >= 11 is 5.39. The third-order valence-corrected chi connectivity index (χ3v) is 2.27. The van der Waals surface area contributed by atoms with Gasteiger partial charge < -0.3 is 10.0 Å². The fourth-order valence-corrected chi connectivity index (χ4v) is 1.31. The van der Waals surface area contributed by atoms with Crippen LogP contribution in [0.1, 0.15) is 6.92 Å². The number of hydrogen-bond donors (Lipinski definition) is 1. The van der Waals surface area contributed by atoms with Crippen molar-refractivity contribution >= 4 is 17.5 Å². The number of rotatable bonds is 1. The molecular formula is C7H9ClF3NO2. The van der Waals surface area contributed by atoms with Gasteiger partial charge in [0.2, 0.25) is 5.91 Å². The van der Waals surface area contributed by atoms with E-state index < -0.39 is 36.2 Å². The smallest absolute Gasteiger partial charge is 0.378 e. The van der Waals surface area contributed by atoms with Gasteiger partial charge >= 0.3 is 6.18 Å². The molecule has 0 saturated carbocycles. The molecule has 1 saturated heterocycles. The summed E-state index contributed by atoms with van der Waals surface area (Å²) < 4.78 is 36.3. The maximum Gasteiger partial charge on any atom is 0.420 e. The zero-order valence-electron chi connectivity index (χ0n) is 7.31. The summed E-state index contributed by atoms with van der Waals surface area (Å²) in [4.78, 5) is 11.9. The molecule has 0 unspecified atom stereocenters. The molecule has 0 spiro atoms. The Kier molecular flexibility index (Phi) is 2.71. The highest BCUT2D eigenvalue weighted by Crippen LogP contribution is 2.37. The first-order valence-electron chi connectivity index (χ1n) is 3.89. The summed E-state index contributed by atoms with van der Waals surface area (Å²) in [6.07, 6.45) is -4.70. The van der Waals surface area contributed by atoms with Crippen molar-refractivity contribution < 1.29 is 23.1 Å². The Labute approximate surface area is 83.4 Å². The summed E-state index contributed by atoms with van der Waals surface area (Å²) in [7, 11) is 0. The fraction of sp³-hybridized carbons (Fsp3) is 0.857. The number of aliphatic hydroxyl groups is 1. The minimum absolute atomic E-state index is 0.597. The van der Waals surface area contributed by atoms with Gasteiger partial charge in [0.25, 0.3) is 0 Å². The van der Waals surface area contributed by atoms with Crippen LogP contribution in [0.15, 0.2) is 0 Å². The van der Waals surface area contributed by atoms with E-state index in [0.29, 0.717) is 0 Å². The van der Waals surface area contributed by atoms with Gasteiger partial charge in [0.1, 0.15) is 5.38 Å². The molecule has 14 heavy (non-hydrogen) atoms. The van der Waals surface area contributed by atoms with Gasteiger partial charge in [0.05, 0.1) is 13.1 Å². The van der Waals surface area contributed by atoms with Crippen molar-refractivity contribution in [1.29, 1.82) is 0 Å². The molecule has 1 aliphatic heterocycles. The standard InChI is InChI=1S/C7H9ClF3NO2/c1-4(8)5(13)12-2-6(14,3-12)7(9,10)11/h4,14H,2-3H2,1H3/t4-/m0/s1. The van der Waals surface area contributed by atoms with Gasteiger partial charge in [0.15, 0.2) is 5.60 Å². The predicted molar refractivity (Wildman–Crippen MR) is 42.9 cm³/mol. The zero-order valence-corrected chi connectivity index (χ0v) is 8.06. The number of hydrogen-bond acceptors (Lipinski definition) is 2. The third-order valence-electron chi connectivity index (χ3n) is 2.08. The maximum absolute atomic E-state index is 12.1. The van der Waals surface area contributed by atoms with E-state index in [2.05, 4.69) is 0 Å². The van der Waals surface area contributed by atoms with Crippen molar-refractivity contribution in [3.05, 3.63) is 0 Å². The van der Waals surface area contributed by atoms with Crippen molar-refractivity contribution in [2.24, 2.45) is 0 Å². The molecule has 82 valence electrons. The van der Waals surface area contributed by atoms with Crippen LogP contribution in [0, 0.1) is 0 Å². The van der Waals surface area contributed by atoms with Gasteiger partial charge in [-0.15, -0.1) is 11.6 Å². The highest BCUT2D eigenvalue weighted by atomic mass is 35.5. The Morgan fingerprint density at radius 1 is 1.57 bits per heavy atom. The molecule has 0 radical (unpaired) electrons. The van der Waals surface area contributed by atoms with E-state index in [4.69, 9.17) is 16.7 Å². The van der Waals surface area contributed by atoms with Crippen LogP contribution in [0.4, 0.5) is 13.2 Å². The molecule has 0 aromatic rings. The molecule has 1 rings (SSSR count). The number of β-amino-alcohol motifs (C(OH)–C–C–N with tert-alkyl or cyclic N) is 1. The lowest BCUT2D eigenvalue weighted by atomic mass is 9.93.